The predicted octanol–water partition coefficient (Wildman–Crippen LogP) is 12.6. The monoisotopic (exact) mass is 665 g/mol. The normalized spacial score (nSPS) is 11.8. The molecule has 0 atom stereocenters. The molecule has 0 aliphatic carbocycles. The SMILES string of the molecule is c1ccc(-c2nc(-c3cc4ccccc4c4ccccc34)nc(-c3cc(-c4cccc5oc6ccccc6c45)cc4oc5ccccc5c34)n2)cc1. The van der Waals surface area contributed by atoms with E-state index in [4.69, 9.17) is 23.8 Å². The molecule has 11 aromatic rings. The van der Waals surface area contributed by atoms with E-state index in [9.17, 15) is 0 Å². The van der Waals surface area contributed by atoms with Gasteiger partial charge in [0.05, 0.1) is 0 Å². The summed E-state index contributed by atoms with van der Waals surface area (Å²) >= 11 is 0. The van der Waals surface area contributed by atoms with Crippen LogP contribution in [0.2, 0.25) is 0 Å². The van der Waals surface area contributed by atoms with E-state index in [1.807, 2.05) is 72.8 Å². The molecule has 0 N–H and O–H groups in total. The number of rotatable bonds is 4. The molecular formula is C47H27N3O2. The van der Waals surface area contributed by atoms with E-state index < -0.39 is 0 Å². The highest BCUT2D eigenvalue weighted by molar-refractivity contribution is 6.17. The van der Waals surface area contributed by atoms with Crippen LogP contribution in [0.5, 0.6) is 0 Å². The lowest BCUT2D eigenvalue weighted by Gasteiger charge is -2.13. The van der Waals surface area contributed by atoms with Crippen LogP contribution in [0, 0.1) is 0 Å². The maximum atomic E-state index is 6.60. The van der Waals surface area contributed by atoms with Gasteiger partial charge in [-0.25, -0.2) is 15.0 Å². The molecule has 0 spiro atoms. The fourth-order valence-electron chi connectivity index (χ4n) is 7.77. The van der Waals surface area contributed by atoms with Crippen LogP contribution in [0.1, 0.15) is 0 Å². The second-order valence-corrected chi connectivity index (χ2v) is 13.1. The van der Waals surface area contributed by atoms with Crippen LogP contribution in [0.15, 0.2) is 173 Å². The minimum atomic E-state index is 0.573. The summed E-state index contributed by atoms with van der Waals surface area (Å²) < 4.78 is 12.9. The molecule has 52 heavy (non-hydrogen) atoms. The summed E-state index contributed by atoms with van der Waals surface area (Å²) in [6.07, 6.45) is 0. The molecule has 0 fully saturated rings. The van der Waals surface area contributed by atoms with Gasteiger partial charge in [-0.05, 0) is 69.1 Å². The van der Waals surface area contributed by atoms with Crippen molar-refractivity contribution in [2.24, 2.45) is 0 Å². The number of furan rings is 2. The van der Waals surface area contributed by atoms with E-state index in [0.29, 0.717) is 17.5 Å². The van der Waals surface area contributed by atoms with E-state index in [1.54, 1.807) is 0 Å². The number of hydrogen-bond acceptors (Lipinski definition) is 5. The molecule has 0 aliphatic rings. The van der Waals surface area contributed by atoms with Crippen molar-refractivity contribution in [2.45, 2.75) is 0 Å². The van der Waals surface area contributed by atoms with Crippen molar-refractivity contribution in [1.82, 2.24) is 15.0 Å². The quantitative estimate of drug-likeness (QED) is 0.175. The zero-order valence-corrected chi connectivity index (χ0v) is 27.7. The van der Waals surface area contributed by atoms with Crippen molar-refractivity contribution in [3.63, 3.8) is 0 Å². The van der Waals surface area contributed by atoms with E-state index in [0.717, 1.165) is 87.9 Å². The van der Waals surface area contributed by atoms with E-state index in [1.165, 1.54) is 5.39 Å². The molecule has 242 valence electrons. The molecule has 0 unspecified atom stereocenters. The Hall–Kier alpha value is -7.11. The topological polar surface area (TPSA) is 65.0 Å². The highest BCUT2D eigenvalue weighted by Crippen LogP contribution is 2.43. The largest absolute Gasteiger partial charge is 0.456 e. The van der Waals surface area contributed by atoms with Gasteiger partial charge in [0.15, 0.2) is 17.5 Å². The van der Waals surface area contributed by atoms with Crippen molar-refractivity contribution in [1.29, 1.82) is 0 Å². The van der Waals surface area contributed by atoms with Crippen LogP contribution in [0.4, 0.5) is 0 Å². The van der Waals surface area contributed by atoms with Gasteiger partial charge < -0.3 is 8.83 Å². The van der Waals surface area contributed by atoms with Crippen LogP contribution >= 0.6 is 0 Å². The Kier molecular flexibility index (Phi) is 6.18. The molecule has 11 rings (SSSR count). The number of aromatic nitrogens is 3. The first-order valence-corrected chi connectivity index (χ1v) is 17.4. The van der Waals surface area contributed by atoms with Crippen LogP contribution in [-0.2, 0) is 0 Å². The summed E-state index contributed by atoms with van der Waals surface area (Å²) in [5, 5.41) is 8.66. The van der Waals surface area contributed by atoms with Crippen molar-refractivity contribution in [3.05, 3.63) is 164 Å². The summed E-state index contributed by atoms with van der Waals surface area (Å²) in [6, 6.07) is 56.2. The van der Waals surface area contributed by atoms with Crippen molar-refractivity contribution in [2.75, 3.05) is 0 Å². The van der Waals surface area contributed by atoms with Crippen molar-refractivity contribution >= 4 is 65.4 Å². The Labute approximate surface area is 297 Å². The van der Waals surface area contributed by atoms with Crippen LogP contribution in [0.3, 0.4) is 0 Å². The summed E-state index contributed by atoms with van der Waals surface area (Å²) in [5.74, 6) is 1.79. The second-order valence-electron chi connectivity index (χ2n) is 13.1. The average molecular weight is 666 g/mol. The first-order chi connectivity index (χ1) is 25.8. The summed E-state index contributed by atoms with van der Waals surface area (Å²) in [6.45, 7) is 0. The molecule has 3 heterocycles. The third kappa shape index (κ3) is 4.39. The molecule has 0 aliphatic heterocycles. The molecule has 0 bridgehead atoms. The van der Waals surface area contributed by atoms with Crippen molar-refractivity contribution in [3.8, 4) is 45.3 Å². The van der Waals surface area contributed by atoms with Crippen LogP contribution in [0.25, 0.3) is 111 Å². The third-order valence-corrected chi connectivity index (χ3v) is 10.1. The molecule has 0 saturated heterocycles. The number of fused-ring (bicyclic) bond motifs is 9. The Balaban J connectivity index is 1.25. The molecule has 5 heteroatoms. The average Bonchev–Trinajstić information content (AvgIpc) is 3.79. The second kappa shape index (κ2) is 11.2. The number of benzene rings is 8. The molecule has 5 nitrogen and oxygen atoms in total. The standard InChI is InChI=1S/C47H27N3O2/c1-2-13-28(14-3-1)45-48-46(37-25-29-15-4-5-16-31(29)33-17-6-7-18-34(33)37)50-47(49-45)38-26-30(27-42-44(38)36-20-9-11-23-40(36)52-42)32-21-12-24-41-43(32)35-19-8-10-22-39(35)51-41/h1-27H. The van der Waals surface area contributed by atoms with Gasteiger partial charge in [-0.1, -0.05) is 127 Å². The molecule has 0 saturated carbocycles. The highest BCUT2D eigenvalue weighted by Gasteiger charge is 2.22. The Bertz CT molecular complexity index is 3190. The maximum Gasteiger partial charge on any atom is 0.164 e. The molecule has 0 radical (unpaired) electrons. The number of para-hydroxylation sites is 2. The Morgan fingerprint density at radius 2 is 0.865 bits per heavy atom. The summed E-state index contributed by atoms with van der Waals surface area (Å²) in [5.41, 5.74) is 8.02. The minimum absolute atomic E-state index is 0.573. The van der Waals surface area contributed by atoms with Crippen LogP contribution < -0.4 is 0 Å². The lowest BCUT2D eigenvalue weighted by atomic mass is 9.95. The lowest BCUT2D eigenvalue weighted by molar-refractivity contribution is 0.668. The van der Waals surface area contributed by atoms with Gasteiger partial charge in [0.2, 0.25) is 0 Å². The van der Waals surface area contributed by atoms with Gasteiger partial charge in [0, 0.05) is 38.2 Å². The lowest BCUT2D eigenvalue weighted by Crippen LogP contribution is -2.01. The van der Waals surface area contributed by atoms with E-state index in [-0.39, 0.29) is 0 Å². The molecular weight excluding hydrogens is 639 g/mol. The third-order valence-electron chi connectivity index (χ3n) is 10.1. The van der Waals surface area contributed by atoms with Gasteiger partial charge in [-0.15, -0.1) is 0 Å². The van der Waals surface area contributed by atoms with Gasteiger partial charge in [0.25, 0.3) is 0 Å². The summed E-state index contributed by atoms with van der Waals surface area (Å²) in [7, 11) is 0. The predicted molar refractivity (Wildman–Crippen MR) is 211 cm³/mol. The van der Waals surface area contributed by atoms with Gasteiger partial charge in [0.1, 0.15) is 22.3 Å². The zero-order valence-electron chi connectivity index (χ0n) is 27.7. The van der Waals surface area contributed by atoms with Gasteiger partial charge in [-0.2, -0.15) is 0 Å². The van der Waals surface area contributed by atoms with Gasteiger partial charge >= 0.3 is 0 Å². The molecule has 8 aromatic carbocycles. The first-order valence-electron chi connectivity index (χ1n) is 17.4. The van der Waals surface area contributed by atoms with E-state index >= 15 is 0 Å². The Morgan fingerprint density at radius 1 is 0.308 bits per heavy atom. The fourth-order valence-corrected chi connectivity index (χ4v) is 7.77. The van der Waals surface area contributed by atoms with Crippen molar-refractivity contribution < 1.29 is 8.83 Å². The van der Waals surface area contributed by atoms with Gasteiger partial charge in [-0.3, -0.25) is 0 Å². The highest BCUT2D eigenvalue weighted by atomic mass is 16.3. The molecule has 0 amide bonds. The van der Waals surface area contributed by atoms with E-state index in [2.05, 4.69) is 91.0 Å². The fraction of sp³-hybridized carbons (Fsp3) is 0. The minimum Gasteiger partial charge on any atom is -0.456 e. The summed E-state index contributed by atoms with van der Waals surface area (Å²) in [4.78, 5) is 15.8. The first kappa shape index (κ1) is 28.7. The van der Waals surface area contributed by atoms with Crippen LogP contribution in [-0.4, -0.2) is 15.0 Å². The smallest absolute Gasteiger partial charge is 0.164 e. The zero-order chi connectivity index (χ0) is 34.2. The number of nitrogens with zero attached hydrogens (tertiary/aromatic N) is 3. The maximum absolute atomic E-state index is 6.60. The number of hydrogen-bond donors (Lipinski definition) is 0. The molecule has 3 aromatic heterocycles. The Morgan fingerprint density at radius 3 is 1.63 bits per heavy atom.